The third-order valence-corrected chi connectivity index (χ3v) is 8.68. The van der Waals surface area contributed by atoms with Gasteiger partial charge in [-0.15, -0.1) is 0 Å². The van der Waals surface area contributed by atoms with E-state index >= 15 is 0 Å². The summed E-state index contributed by atoms with van der Waals surface area (Å²) in [6.07, 6.45) is 0. The molecule has 0 heterocycles. The molecule has 0 fully saturated rings. The van der Waals surface area contributed by atoms with Gasteiger partial charge in [0, 0.05) is 0 Å². The van der Waals surface area contributed by atoms with Gasteiger partial charge in [-0.25, -0.2) is 26.4 Å². The van der Waals surface area contributed by atoms with Gasteiger partial charge in [0.2, 0.25) is 0 Å². The summed E-state index contributed by atoms with van der Waals surface area (Å²) >= 11 is 0. The largest absolute Gasteiger partial charge is 0.461 e. The predicted octanol–water partition coefficient (Wildman–Crippen LogP) is 3.56. The maximum Gasteiger partial charge on any atom is 0.338 e. The average Bonchev–Trinajstić information content (AvgIpc) is 2.84. The van der Waals surface area contributed by atoms with Crippen molar-refractivity contribution in [1.82, 2.24) is 0 Å². The number of esters is 2. The summed E-state index contributed by atoms with van der Waals surface area (Å²) < 4.78 is 59.5. The minimum absolute atomic E-state index is 0.126. The fraction of sp³-hybridized carbons (Fsp3) is 0.231. The fourth-order valence-electron chi connectivity index (χ4n) is 3.12. The van der Waals surface area contributed by atoms with Gasteiger partial charge >= 0.3 is 11.9 Å². The van der Waals surface area contributed by atoms with Crippen LogP contribution < -0.4 is 0 Å². The number of aryl methyl sites for hydroxylation is 2. The molecule has 0 aromatic heterocycles. The lowest BCUT2D eigenvalue weighted by atomic mass is 10.1. The summed E-state index contributed by atoms with van der Waals surface area (Å²) in [5.41, 5.74) is 2.11. The third kappa shape index (κ3) is 7.25. The number of benzene rings is 3. The Labute approximate surface area is 210 Å². The van der Waals surface area contributed by atoms with Crippen molar-refractivity contribution in [1.29, 1.82) is 0 Å². The maximum atomic E-state index is 12.3. The van der Waals surface area contributed by atoms with Crippen molar-refractivity contribution in [2.45, 2.75) is 23.6 Å². The molecule has 10 heteroatoms. The van der Waals surface area contributed by atoms with Gasteiger partial charge in [-0.05, 0) is 62.4 Å². The van der Waals surface area contributed by atoms with Crippen LogP contribution in [0, 0.1) is 13.8 Å². The monoisotopic (exact) mass is 530 g/mol. The Balaban J connectivity index is 1.48. The molecule has 0 aliphatic heterocycles. The fourth-order valence-corrected chi connectivity index (χ4v) is 5.30. The summed E-state index contributed by atoms with van der Waals surface area (Å²) in [4.78, 5) is 24.8. The zero-order valence-electron chi connectivity index (χ0n) is 19.8. The van der Waals surface area contributed by atoms with Gasteiger partial charge in [0.25, 0.3) is 0 Å². The predicted molar refractivity (Wildman–Crippen MR) is 133 cm³/mol. The maximum absolute atomic E-state index is 12.3. The smallest absolute Gasteiger partial charge is 0.338 e. The van der Waals surface area contributed by atoms with Crippen molar-refractivity contribution in [3.05, 3.63) is 95.1 Å². The zero-order valence-corrected chi connectivity index (χ0v) is 21.5. The van der Waals surface area contributed by atoms with E-state index in [9.17, 15) is 26.4 Å². The Hall–Kier alpha value is -3.50. The van der Waals surface area contributed by atoms with Crippen LogP contribution in [0.25, 0.3) is 0 Å². The van der Waals surface area contributed by atoms with Crippen molar-refractivity contribution in [2.75, 3.05) is 24.7 Å². The van der Waals surface area contributed by atoms with E-state index < -0.39 is 31.6 Å². The highest BCUT2D eigenvalue weighted by molar-refractivity contribution is 7.91. The molecule has 3 rings (SSSR count). The Morgan fingerprint density at radius 2 is 0.861 bits per heavy atom. The van der Waals surface area contributed by atoms with Crippen LogP contribution >= 0.6 is 0 Å². The highest BCUT2D eigenvalue weighted by Gasteiger charge is 2.18. The molecule has 0 unspecified atom stereocenters. The molecule has 8 nitrogen and oxygen atoms in total. The van der Waals surface area contributed by atoms with E-state index in [0.29, 0.717) is 0 Å². The van der Waals surface area contributed by atoms with Crippen LogP contribution in [0.5, 0.6) is 0 Å². The van der Waals surface area contributed by atoms with Crippen molar-refractivity contribution >= 4 is 31.6 Å². The molecule has 0 spiro atoms. The first-order valence-corrected chi connectivity index (χ1v) is 14.3. The molecular formula is C26H26O8S2. The van der Waals surface area contributed by atoms with Crippen molar-refractivity contribution in [3.63, 3.8) is 0 Å². The standard InChI is InChI=1S/C26H26O8S2/c1-19-3-11-23(12-4-19)35(29,30)17-15-33-25(27)21-7-9-22(10-8-21)26(28)34-16-18-36(31,32)24-13-5-20(2)6-14-24/h3-14H,15-18H2,1-2H3. The second-order valence-corrected chi connectivity index (χ2v) is 12.3. The number of sulfone groups is 2. The Morgan fingerprint density at radius 1 is 0.556 bits per heavy atom. The summed E-state index contributed by atoms with van der Waals surface area (Å²) in [5.74, 6) is -2.20. The third-order valence-electron chi connectivity index (χ3n) is 5.29. The molecule has 0 saturated heterocycles. The van der Waals surface area contributed by atoms with Gasteiger partial charge in [-0.2, -0.15) is 0 Å². The quantitative estimate of drug-likeness (QED) is 0.365. The Morgan fingerprint density at radius 3 is 1.17 bits per heavy atom. The SMILES string of the molecule is Cc1ccc(S(=O)(=O)CCOC(=O)c2ccc(C(=O)OCCS(=O)(=O)c3ccc(C)cc3)cc2)cc1. The molecule has 0 aliphatic carbocycles. The van der Waals surface area contributed by atoms with E-state index in [2.05, 4.69) is 0 Å². The van der Waals surface area contributed by atoms with Gasteiger partial charge in [-0.1, -0.05) is 35.4 Å². The molecule has 3 aromatic carbocycles. The molecule has 36 heavy (non-hydrogen) atoms. The van der Waals surface area contributed by atoms with Crippen LogP contribution in [-0.2, 0) is 29.1 Å². The zero-order chi connectivity index (χ0) is 26.3. The number of ether oxygens (including phenoxy) is 2. The molecule has 0 radical (unpaired) electrons. The van der Waals surface area contributed by atoms with Gasteiger partial charge in [0.05, 0.1) is 32.4 Å². The minimum atomic E-state index is -3.59. The number of hydrogen-bond acceptors (Lipinski definition) is 8. The number of hydrogen-bond donors (Lipinski definition) is 0. The molecule has 0 bridgehead atoms. The van der Waals surface area contributed by atoms with Crippen molar-refractivity contribution in [3.8, 4) is 0 Å². The van der Waals surface area contributed by atoms with E-state index in [1.54, 1.807) is 24.3 Å². The van der Waals surface area contributed by atoms with Crippen LogP contribution in [-0.4, -0.2) is 53.5 Å². The number of rotatable bonds is 10. The molecule has 3 aromatic rings. The topological polar surface area (TPSA) is 121 Å². The lowest BCUT2D eigenvalue weighted by Crippen LogP contribution is -2.17. The van der Waals surface area contributed by atoms with Crippen LogP contribution in [0.3, 0.4) is 0 Å². The van der Waals surface area contributed by atoms with Crippen LogP contribution in [0.15, 0.2) is 82.6 Å². The highest BCUT2D eigenvalue weighted by atomic mass is 32.2. The first-order valence-electron chi connectivity index (χ1n) is 11.0. The number of carbonyl (C=O) groups excluding carboxylic acids is 2. The second kappa shape index (κ2) is 11.5. The summed E-state index contributed by atoms with van der Waals surface area (Å²) in [6, 6.07) is 18.1. The first kappa shape index (κ1) is 27.1. The average molecular weight is 531 g/mol. The Kier molecular flexibility index (Phi) is 8.65. The molecule has 0 amide bonds. The van der Waals surface area contributed by atoms with Gasteiger partial charge in [0.1, 0.15) is 13.2 Å². The normalized spacial score (nSPS) is 11.6. The van der Waals surface area contributed by atoms with Crippen molar-refractivity contribution in [2.24, 2.45) is 0 Å². The molecule has 0 saturated carbocycles. The number of carbonyl (C=O) groups is 2. The van der Waals surface area contributed by atoms with Gasteiger partial charge < -0.3 is 9.47 Å². The molecule has 0 atom stereocenters. The lowest BCUT2D eigenvalue weighted by Gasteiger charge is -2.08. The van der Waals surface area contributed by atoms with Crippen LogP contribution in [0.1, 0.15) is 31.8 Å². The summed E-state index contributed by atoms with van der Waals surface area (Å²) in [6.45, 7) is 3.04. The Bertz CT molecular complexity index is 1310. The van der Waals surface area contributed by atoms with Crippen molar-refractivity contribution < 1.29 is 35.9 Å². The molecule has 190 valence electrons. The van der Waals surface area contributed by atoms with Crippen LogP contribution in [0.4, 0.5) is 0 Å². The van der Waals surface area contributed by atoms with Crippen LogP contribution in [0.2, 0.25) is 0 Å². The molecule has 0 aliphatic rings. The lowest BCUT2D eigenvalue weighted by molar-refractivity contribution is 0.0514. The summed E-state index contributed by atoms with van der Waals surface area (Å²) in [7, 11) is -7.19. The van der Waals surface area contributed by atoms with Gasteiger partial charge in [-0.3, -0.25) is 0 Å². The van der Waals surface area contributed by atoms with E-state index in [0.717, 1.165) is 11.1 Å². The van der Waals surface area contributed by atoms with E-state index in [-0.39, 0.29) is 45.6 Å². The summed E-state index contributed by atoms with van der Waals surface area (Å²) in [5, 5.41) is 0. The van der Waals surface area contributed by atoms with Gasteiger partial charge in [0.15, 0.2) is 19.7 Å². The molecular weight excluding hydrogens is 504 g/mol. The highest BCUT2D eigenvalue weighted by Crippen LogP contribution is 2.14. The second-order valence-electron chi connectivity index (χ2n) is 8.11. The molecule has 0 N–H and O–H groups in total. The van der Waals surface area contributed by atoms with E-state index in [4.69, 9.17) is 9.47 Å². The minimum Gasteiger partial charge on any atom is -0.461 e. The van der Waals surface area contributed by atoms with E-state index in [1.165, 1.54) is 48.5 Å². The van der Waals surface area contributed by atoms with E-state index in [1.807, 2.05) is 13.8 Å². The first-order chi connectivity index (χ1) is 17.0.